The van der Waals surface area contributed by atoms with E-state index < -0.39 is 16.8 Å². The molecule has 0 saturated carbocycles. The fourth-order valence-corrected chi connectivity index (χ4v) is 1.13. The molecule has 0 amide bonds. The van der Waals surface area contributed by atoms with Gasteiger partial charge in [-0.1, -0.05) is 0 Å². The lowest BCUT2D eigenvalue weighted by Crippen LogP contribution is -2.24. The summed E-state index contributed by atoms with van der Waals surface area (Å²) in [7, 11) is 0. The molecule has 16 heavy (non-hydrogen) atoms. The first-order valence-corrected chi connectivity index (χ1v) is 5.23. The van der Waals surface area contributed by atoms with E-state index in [1.54, 1.807) is 27.7 Å². The van der Waals surface area contributed by atoms with Crippen LogP contribution in [0.4, 0.5) is 0 Å². The van der Waals surface area contributed by atoms with E-state index in [0.29, 0.717) is 12.8 Å². The van der Waals surface area contributed by atoms with Gasteiger partial charge in [-0.3, -0.25) is 4.79 Å². The molecule has 0 radical (unpaired) electrons. The highest BCUT2D eigenvalue weighted by Gasteiger charge is 2.16. The van der Waals surface area contributed by atoms with Gasteiger partial charge in [0.1, 0.15) is 11.7 Å². The molecule has 0 unspecified atom stereocenters. The summed E-state index contributed by atoms with van der Waals surface area (Å²) in [6.45, 7) is 6.98. The van der Waals surface area contributed by atoms with Crippen molar-refractivity contribution in [3.8, 4) is 0 Å². The van der Waals surface area contributed by atoms with Crippen LogP contribution in [0.2, 0.25) is 0 Å². The monoisotopic (exact) mass is 233 g/mol. The summed E-state index contributed by atoms with van der Waals surface area (Å²) in [6, 6.07) is 0. The lowest BCUT2D eigenvalue weighted by atomic mass is 10.1. The summed E-state index contributed by atoms with van der Waals surface area (Å²) in [6.07, 6.45) is 0.741. The zero-order chi connectivity index (χ0) is 12.8. The maximum absolute atomic E-state index is 11.3. The highest BCUT2D eigenvalue weighted by atomic mass is 17.0. The first-order valence-electron chi connectivity index (χ1n) is 5.23. The van der Waals surface area contributed by atoms with Crippen LogP contribution in [-0.4, -0.2) is 22.8 Å². The molecular formula is C10H19NO5. The molecule has 0 heterocycles. The van der Waals surface area contributed by atoms with E-state index in [0.717, 1.165) is 0 Å². The number of rotatable bonds is 6. The van der Waals surface area contributed by atoms with Crippen LogP contribution in [0.1, 0.15) is 47.0 Å². The average Bonchev–Trinajstić information content (AvgIpc) is 1.98. The van der Waals surface area contributed by atoms with Crippen LogP contribution in [0, 0.1) is 10.1 Å². The Morgan fingerprint density at radius 3 is 2.44 bits per heavy atom. The summed E-state index contributed by atoms with van der Waals surface area (Å²) in [4.78, 5) is 25.6. The Bertz CT molecular complexity index is 246. The molecule has 0 aliphatic rings. The van der Waals surface area contributed by atoms with Crippen LogP contribution in [0.15, 0.2) is 0 Å². The molecule has 0 saturated heterocycles. The first kappa shape index (κ1) is 14.7. The number of carbonyl (C=O) groups excluding carboxylic acids is 1. The molecule has 0 bridgehead atoms. The normalized spacial score (nSPS) is 13.0. The second kappa shape index (κ2) is 6.30. The van der Waals surface area contributed by atoms with Crippen molar-refractivity contribution < 1.29 is 19.5 Å². The fourth-order valence-electron chi connectivity index (χ4n) is 1.13. The SMILES string of the molecule is C[C@@H](CCCC(=O)OC(C)(C)C)O[N+](=O)[O-]. The van der Waals surface area contributed by atoms with Gasteiger partial charge >= 0.3 is 5.97 Å². The molecule has 0 fully saturated rings. The van der Waals surface area contributed by atoms with Crippen molar-refractivity contribution in [2.24, 2.45) is 0 Å². The van der Waals surface area contributed by atoms with Crippen molar-refractivity contribution in [3.63, 3.8) is 0 Å². The predicted octanol–water partition coefficient (Wildman–Crippen LogP) is 2.10. The van der Waals surface area contributed by atoms with Crippen molar-refractivity contribution in [2.45, 2.75) is 58.7 Å². The number of carbonyl (C=O) groups is 1. The number of esters is 1. The average molecular weight is 233 g/mol. The quantitative estimate of drug-likeness (QED) is 0.398. The largest absolute Gasteiger partial charge is 0.460 e. The summed E-state index contributed by atoms with van der Waals surface area (Å²) >= 11 is 0. The van der Waals surface area contributed by atoms with Gasteiger partial charge in [0.2, 0.25) is 0 Å². The standard InChI is InChI=1S/C10H19NO5/c1-8(16-11(13)14)6-5-7-9(12)15-10(2,3)4/h8H,5-7H2,1-4H3/t8-/m0/s1. The molecule has 0 N–H and O–H groups in total. The third kappa shape index (κ3) is 9.23. The van der Waals surface area contributed by atoms with Crippen molar-refractivity contribution >= 4 is 5.97 Å². The molecule has 94 valence electrons. The summed E-state index contributed by atoms with van der Waals surface area (Å²) < 4.78 is 5.09. The van der Waals surface area contributed by atoms with Crippen LogP contribution < -0.4 is 0 Å². The van der Waals surface area contributed by atoms with Gasteiger partial charge in [0, 0.05) is 6.42 Å². The van der Waals surface area contributed by atoms with E-state index in [2.05, 4.69) is 4.84 Å². The zero-order valence-electron chi connectivity index (χ0n) is 10.2. The van der Waals surface area contributed by atoms with Gasteiger partial charge in [-0.15, -0.1) is 10.1 Å². The van der Waals surface area contributed by atoms with Crippen LogP contribution in [0.3, 0.4) is 0 Å². The van der Waals surface area contributed by atoms with E-state index in [1.807, 2.05) is 0 Å². The smallest absolute Gasteiger partial charge is 0.306 e. The van der Waals surface area contributed by atoms with Gasteiger partial charge in [0.25, 0.3) is 5.09 Å². The highest BCUT2D eigenvalue weighted by Crippen LogP contribution is 2.11. The number of nitrogens with zero attached hydrogens (tertiary/aromatic N) is 1. The van der Waals surface area contributed by atoms with E-state index in [9.17, 15) is 14.9 Å². The lowest BCUT2D eigenvalue weighted by molar-refractivity contribution is -0.767. The number of hydrogen-bond acceptors (Lipinski definition) is 5. The molecule has 1 atom stereocenters. The minimum absolute atomic E-state index is 0.253. The summed E-state index contributed by atoms with van der Waals surface area (Å²) in [5, 5.41) is 9.16. The van der Waals surface area contributed by atoms with Crippen molar-refractivity contribution in [1.29, 1.82) is 0 Å². The zero-order valence-corrected chi connectivity index (χ0v) is 10.2. The second-order valence-electron chi connectivity index (χ2n) is 4.62. The Balaban J connectivity index is 3.66. The first-order chi connectivity index (χ1) is 7.20. The van der Waals surface area contributed by atoms with Gasteiger partial charge < -0.3 is 9.57 Å². The molecule has 0 aromatic heterocycles. The van der Waals surface area contributed by atoms with Crippen molar-refractivity contribution in [1.82, 2.24) is 0 Å². The highest BCUT2D eigenvalue weighted by molar-refractivity contribution is 5.69. The minimum Gasteiger partial charge on any atom is -0.460 e. The molecule has 0 rings (SSSR count). The molecule has 0 spiro atoms. The Morgan fingerprint density at radius 1 is 1.44 bits per heavy atom. The summed E-state index contributed by atoms with van der Waals surface area (Å²) in [5.41, 5.74) is -0.486. The Kier molecular flexibility index (Phi) is 5.77. The molecule has 0 aromatic rings. The van der Waals surface area contributed by atoms with E-state index in [-0.39, 0.29) is 12.4 Å². The van der Waals surface area contributed by atoms with Crippen molar-refractivity contribution in [3.05, 3.63) is 10.1 Å². The topological polar surface area (TPSA) is 78.7 Å². The van der Waals surface area contributed by atoms with Gasteiger partial charge in [0.05, 0.1) is 0 Å². The summed E-state index contributed by atoms with van der Waals surface area (Å²) in [5.74, 6) is -0.291. The molecular weight excluding hydrogens is 214 g/mol. The molecule has 0 aromatic carbocycles. The lowest BCUT2D eigenvalue weighted by Gasteiger charge is -2.19. The van der Waals surface area contributed by atoms with E-state index in [4.69, 9.17) is 4.74 Å². The van der Waals surface area contributed by atoms with Crippen LogP contribution >= 0.6 is 0 Å². The molecule has 6 heteroatoms. The number of ether oxygens (including phenoxy) is 1. The molecule has 0 aliphatic carbocycles. The van der Waals surface area contributed by atoms with E-state index >= 15 is 0 Å². The van der Waals surface area contributed by atoms with Gasteiger partial charge in [-0.25, -0.2) is 0 Å². The van der Waals surface area contributed by atoms with Gasteiger partial charge in [-0.05, 0) is 40.5 Å². The molecule has 0 aliphatic heterocycles. The van der Waals surface area contributed by atoms with Crippen LogP contribution in [0.5, 0.6) is 0 Å². The fraction of sp³-hybridized carbons (Fsp3) is 0.900. The second-order valence-corrected chi connectivity index (χ2v) is 4.62. The van der Waals surface area contributed by atoms with E-state index in [1.165, 1.54) is 0 Å². The third-order valence-electron chi connectivity index (χ3n) is 1.68. The third-order valence-corrected chi connectivity index (χ3v) is 1.68. The maximum Gasteiger partial charge on any atom is 0.306 e. The maximum atomic E-state index is 11.3. The van der Waals surface area contributed by atoms with Crippen LogP contribution in [-0.2, 0) is 14.4 Å². The molecule has 6 nitrogen and oxygen atoms in total. The Morgan fingerprint density at radius 2 is 2.00 bits per heavy atom. The van der Waals surface area contributed by atoms with Crippen molar-refractivity contribution in [2.75, 3.05) is 0 Å². The number of hydrogen-bond donors (Lipinski definition) is 0. The Hall–Kier alpha value is -1.33. The predicted molar refractivity (Wildman–Crippen MR) is 57.2 cm³/mol. The van der Waals surface area contributed by atoms with Gasteiger partial charge in [0.15, 0.2) is 0 Å². The Labute approximate surface area is 95.0 Å². The van der Waals surface area contributed by atoms with Crippen LogP contribution in [0.25, 0.3) is 0 Å². The van der Waals surface area contributed by atoms with Gasteiger partial charge in [-0.2, -0.15) is 0 Å². The minimum atomic E-state index is -0.821.